The summed E-state index contributed by atoms with van der Waals surface area (Å²) in [6, 6.07) is 7.17. The third-order valence-electron chi connectivity index (χ3n) is 4.42. The Labute approximate surface area is 120 Å². The molecule has 1 aromatic rings. The van der Waals surface area contributed by atoms with Crippen molar-refractivity contribution in [1.29, 1.82) is 0 Å². The van der Waals surface area contributed by atoms with Gasteiger partial charge in [-0.3, -0.25) is 4.90 Å². The van der Waals surface area contributed by atoms with Crippen molar-refractivity contribution in [2.45, 2.75) is 37.8 Å². The number of rotatable bonds is 4. The molecule has 0 amide bonds. The summed E-state index contributed by atoms with van der Waals surface area (Å²) in [5.41, 5.74) is 0.986. The lowest BCUT2D eigenvalue weighted by Crippen LogP contribution is -2.53. The van der Waals surface area contributed by atoms with Crippen molar-refractivity contribution in [1.82, 2.24) is 4.90 Å². The van der Waals surface area contributed by atoms with Gasteiger partial charge in [-0.25, -0.2) is 4.39 Å². The van der Waals surface area contributed by atoms with Crippen LogP contribution in [0, 0.1) is 5.82 Å². The molecule has 3 rings (SSSR count). The molecule has 20 heavy (non-hydrogen) atoms. The van der Waals surface area contributed by atoms with Crippen LogP contribution in [0.2, 0.25) is 0 Å². The molecule has 2 fully saturated rings. The zero-order valence-electron chi connectivity index (χ0n) is 11.9. The van der Waals surface area contributed by atoms with Gasteiger partial charge in [0, 0.05) is 31.4 Å². The minimum absolute atomic E-state index is 0.186. The van der Waals surface area contributed by atoms with Gasteiger partial charge in [-0.2, -0.15) is 0 Å². The highest BCUT2D eigenvalue weighted by molar-refractivity contribution is 5.42. The van der Waals surface area contributed by atoms with Crippen LogP contribution in [0.15, 0.2) is 24.3 Å². The Bertz CT molecular complexity index is 421. The summed E-state index contributed by atoms with van der Waals surface area (Å²) in [6.07, 6.45) is 5.56. The van der Waals surface area contributed by atoms with Gasteiger partial charge in [-0.05, 0) is 37.1 Å². The van der Waals surface area contributed by atoms with Crippen LogP contribution in [-0.2, 0) is 4.74 Å². The van der Waals surface area contributed by atoms with Crippen molar-refractivity contribution in [3.63, 3.8) is 0 Å². The molecular weight excluding hydrogens is 255 g/mol. The third kappa shape index (κ3) is 3.30. The number of benzene rings is 1. The van der Waals surface area contributed by atoms with Crippen LogP contribution in [0.4, 0.5) is 10.1 Å². The first kappa shape index (κ1) is 13.8. The number of halogens is 1. The average molecular weight is 278 g/mol. The molecule has 1 aliphatic carbocycles. The fraction of sp³-hybridized carbons (Fsp3) is 0.625. The number of nitrogens with one attached hydrogen (secondary N) is 1. The topological polar surface area (TPSA) is 24.5 Å². The van der Waals surface area contributed by atoms with Gasteiger partial charge in [-0.15, -0.1) is 0 Å². The van der Waals surface area contributed by atoms with Crippen molar-refractivity contribution in [3.8, 4) is 0 Å². The molecule has 2 aliphatic rings. The van der Waals surface area contributed by atoms with Crippen molar-refractivity contribution in [2.24, 2.45) is 0 Å². The molecule has 1 aliphatic heterocycles. The highest BCUT2D eigenvalue weighted by Gasteiger charge is 2.33. The predicted octanol–water partition coefficient (Wildman–Crippen LogP) is 2.88. The van der Waals surface area contributed by atoms with E-state index < -0.39 is 0 Å². The Morgan fingerprint density at radius 2 is 2.00 bits per heavy atom. The summed E-state index contributed by atoms with van der Waals surface area (Å²) in [7, 11) is 0. The maximum absolute atomic E-state index is 12.8. The minimum Gasteiger partial charge on any atom is -0.384 e. The molecule has 2 unspecified atom stereocenters. The molecular formula is C16H23FN2O. The van der Waals surface area contributed by atoms with Gasteiger partial charge in [0.1, 0.15) is 5.82 Å². The molecule has 0 bridgehead atoms. The van der Waals surface area contributed by atoms with Crippen LogP contribution < -0.4 is 5.32 Å². The number of fused-ring (bicyclic) bond motifs is 1. The monoisotopic (exact) mass is 278 g/mol. The normalized spacial score (nSPS) is 27.1. The number of hydrogen-bond acceptors (Lipinski definition) is 3. The lowest BCUT2D eigenvalue weighted by molar-refractivity contribution is -0.0865. The third-order valence-corrected chi connectivity index (χ3v) is 4.42. The fourth-order valence-corrected chi connectivity index (χ4v) is 3.37. The molecule has 1 heterocycles. The molecule has 110 valence electrons. The largest absolute Gasteiger partial charge is 0.384 e. The zero-order valence-corrected chi connectivity index (χ0v) is 11.9. The number of morpholine rings is 1. The first-order valence-corrected chi connectivity index (χ1v) is 7.68. The first-order valence-electron chi connectivity index (χ1n) is 7.68. The Kier molecular flexibility index (Phi) is 4.53. The van der Waals surface area contributed by atoms with E-state index in [1.807, 2.05) is 0 Å². The Morgan fingerprint density at radius 3 is 2.85 bits per heavy atom. The first-order chi connectivity index (χ1) is 9.83. The molecule has 0 spiro atoms. The Balaban J connectivity index is 1.48. The summed E-state index contributed by atoms with van der Waals surface area (Å²) in [5, 5.41) is 3.37. The molecule has 1 N–H and O–H groups in total. The average Bonchev–Trinajstić information content (AvgIpc) is 2.49. The van der Waals surface area contributed by atoms with Crippen LogP contribution >= 0.6 is 0 Å². The zero-order chi connectivity index (χ0) is 13.8. The van der Waals surface area contributed by atoms with Gasteiger partial charge < -0.3 is 10.1 Å². The van der Waals surface area contributed by atoms with Crippen LogP contribution in [0.25, 0.3) is 0 Å². The van der Waals surface area contributed by atoms with Gasteiger partial charge in [0.2, 0.25) is 0 Å². The van der Waals surface area contributed by atoms with Crippen LogP contribution in [-0.4, -0.2) is 43.3 Å². The quantitative estimate of drug-likeness (QED) is 0.916. The molecule has 0 radical (unpaired) electrons. The van der Waals surface area contributed by atoms with E-state index in [1.165, 1.54) is 37.8 Å². The number of ether oxygens (including phenoxy) is 1. The standard InChI is InChI=1S/C16H23FN2O/c17-13-5-7-14(8-6-13)18-9-10-19-11-12-20-16-4-2-1-3-15(16)19/h5-8,15-16,18H,1-4,9-12H2. The van der Waals surface area contributed by atoms with Gasteiger partial charge in [0.15, 0.2) is 0 Å². The molecule has 4 heteroatoms. The summed E-state index contributed by atoms with van der Waals surface area (Å²) in [5.74, 6) is -0.186. The van der Waals surface area contributed by atoms with E-state index >= 15 is 0 Å². The fourth-order valence-electron chi connectivity index (χ4n) is 3.37. The summed E-state index contributed by atoms with van der Waals surface area (Å²) in [6.45, 7) is 3.82. The van der Waals surface area contributed by atoms with E-state index in [1.54, 1.807) is 12.1 Å². The van der Waals surface area contributed by atoms with E-state index in [9.17, 15) is 4.39 Å². The molecule has 2 atom stereocenters. The molecule has 0 aromatic heterocycles. The van der Waals surface area contributed by atoms with Gasteiger partial charge in [0.25, 0.3) is 0 Å². The van der Waals surface area contributed by atoms with Gasteiger partial charge in [-0.1, -0.05) is 12.8 Å². The van der Waals surface area contributed by atoms with E-state index in [4.69, 9.17) is 4.74 Å². The Morgan fingerprint density at radius 1 is 1.20 bits per heavy atom. The highest BCUT2D eigenvalue weighted by Crippen LogP contribution is 2.28. The minimum atomic E-state index is -0.186. The SMILES string of the molecule is Fc1ccc(NCCN2CCOC3CCCCC32)cc1. The predicted molar refractivity (Wildman–Crippen MR) is 78.5 cm³/mol. The Hall–Kier alpha value is -1.13. The van der Waals surface area contributed by atoms with Gasteiger partial charge >= 0.3 is 0 Å². The van der Waals surface area contributed by atoms with Crippen molar-refractivity contribution >= 4 is 5.69 Å². The maximum Gasteiger partial charge on any atom is 0.123 e. The molecule has 1 aromatic carbocycles. The number of nitrogens with zero attached hydrogens (tertiary/aromatic N) is 1. The van der Waals surface area contributed by atoms with Crippen LogP contribution in [0.3, 0.4) is 0 Å². The van der Waals surface area contributed by atoms with E-state index in [2.05, 4.69) is 10.2 Å². The summed E-state index contributed by atoms with van der Waals surface area (Å²) < 4.78 is 18.7. The molecule has 3 nitrogen and oxygen atoms in total. The van der Waals surface area contributed by atoms with Gasteiger partial charge in [0.05, 0.1) is 12.7 Å². The van der Waals surface area contributed by atoms with E-state index in [0.29, 0.717) is 12.1 Å². The summed E-state index contributed by atoms with van der Waals surface area (Å²) >= 11 is 0. The second kappa shape index (κ2) is 6.55. The van der Waals surface area contributed by atoms with Crippen molar-refractivity contribution in [2.75, 3.05) is 31.6 Å². The summed E-state index contributed by atoms with van der Waals surface area (Å²) in [4.78, 5) is 2.56. The lowest BCUT2D eigenvalue weighted by atomic mass is 9.90. The van der Waals surface area contributed by atoms with Crippen LogP contribution in [0.5, 0.6) is 0 Å². The highest BCUT2D eigenvalue weighted by atomic mass is 19.1. The van der Waals surface area contributed by atoms with E-state index in [0.717, 1.165) is 31.9 Å². The second-order valence-electron chi connectivity index (χ2n) is 5.73. The number of anilines is 1. The van der Waals surface area contributed by atoms with Crippen molar-refractivity contribution < 1.29 is 9.13 Å². The van der Waals surface area contributed by atoms with E-state index in [-0.39, 0.29) is 5.82 Å². The second-order valence-corrected chi connectivity index (χ2v) is 5.73. The lowest BCUT2D eigenvalue weighted by Gasteiger charge is -2.43. The smallest absolute Gasteiger partial charge is 0.123 e. The molecule has 1 saturated heterocycles. The number of hydrogen-bond donors (Lipinski definition) is 1. The molecule has 1 saturated carbocycles. The van der Waals surface area contributed by atoms with Crippen LogP contribution in [0.1, 0.15) is 25.7 Å². The van der Waals surface area contributed by atoms with Crippen molar-refractivity contribution in [3.05, 3.63) is 30.1 Å². The maximum atomic E-state index is 12.8.